The molecule has 0 spiro atoms. The molecular formula is C19H26N2O5S. The van der Waals surface area contributed by atoms with Crippen LogP contribution in [0.15, 0.2) is 47.4 Å². The van der Waals surface area contributed by atoms with Gasteiger partial charge < -0.3 is 10.1 Å². The lowest BCUT2D eigenvalue weighted by atomic mass is 10.2. The average molecular weight is 394 g/mol. The number of aryl methyl sites for hydroxylation is 1. The normalized spacial score (nSPS) is 12.0. The molecular weight excluding hydrogens is 368 g/mol. The number of hydrogen-bond acceptors (Lipinski definition) is 5. The van der Waals surface area contributed by atoms with Gasteiger partial charge in [-0.3, -0.25) is 4.79 Å². The molecule has 7 nitrogen and oxygen atoms in total. The summed E-state index contributed by atoms with van der Waals surface area (Å²) in [7, 11) is -3.65. The number of esters is 1. The van der Waals surface area contributed by atoms with Crippen molar-refractivity contribution in [2.24, 2.45) is 0 Å². The van der Waals surface area contributed by atoms with Crippen molar-refractivity contribution in [1.82, 2.24) is 4.31 Å². The van der Waals surface area contributed by atoms with Crippen LogP contribution in [0.5, 0.6) is 0 Å². The Kier molecular flexibility index (Phi) is 8.90. The summed E-state index contributed by atoms with van der Waals surface area (Å²) in [4.78, 5) is 23.5. The number of benzene rings is 1. The SMILES string of the molecule is C/C=C/C=C/C(=O)OCC(=O)Nc1ccc(C)c(S(=O)(=O)N(CC)CC)c1. The number of nitrogens with one attached hydrogen (secondary N) is 1. The van der Waals surface area contributed by atoms with Crippen molar-refractivity contribution in [3.05, 3.63) is 48.1 Å². The lowest BCUT2D eigenvalue weighted by Crippen LogP contribution is -2.31. The number of sulfonamides is 1. The summed E-state index contributed by atoms with van der Waals surface area (Å²) in [6.45, 7) is 7.27. The highest BCUT2D eigenvalue weighted by molar-refractivity contribution is 7.89. The largest absolute Gasteiger partial charge is 0.452 e. The fraction of sp³-hybridized carbons (Fsp3) is 0.368. The first-order valence-electron chi connectivity index (χ1n) is 8.63. The fourth-order valence-electron chi connectivity index (χ4n) is 2.29. The van der Waals surface area contributed by atoms with Crippen molar-refractivity contribution in [1.29, 1.82) is 0 Å². The number of carbonyl (C=O) groups excluding carboxylic acids is 2. The van der Waals surface area contributed by atoms with Crippen LogP contribution >= 0.6 is 0 Å². The third-order valence-electron chi connectivity index (χ3n) is 3.68. The van der Waals surface area contributed by atoms with E-state index in [-0.39, 0.29) is 4.90 Å². The van der Waals surface area contributed by atoms with Gasteiger partial charge >= 0.3 is 5.97 Å². The van der Waals surface area contributed by atoms with Gasteiger partial charge in [-0.1, -0.05) is 38.1 Å². The molecule has 1 amide bonds. The summed E-state index contributed by atoms with van der Waals surface area (Å²) in [5.74, 6) is -1.20. The molecule has 0 fully saturated rings. The molecule has 0 saturated heterocycles. The fourth-order valence-corrected chi connectivity index (χ4v) is 3.99. The predicted molar refractivity (Wildman–Crippen MR) is 105 cm³/mol. The first-order valence-corrected chi connectivity index (χ1v) is 10.1. The minimum atomic E-state index is -3.65. The molecule has 1 rings (SSSR count). The lowest BCUT2D eigenvalue weighted by Gasteiger charge is -2.20. The number of anilines is 1. The topological polar surface area (TPSA) is 92.8 Å². The highest BCUT2D eigenvalue weighted by Crippen LogP contribution is 2.23. The number of hydrogen-bond donors (Lipinski definition) is 1. The molecule has 0 aromatic heterocycles. The molecule has 0 radical (unpaired) electrons. The van der Waals surface area contributed by atoms with Crippen LogP contribution in [-0.4, -0.2) is 44.3 Å². The third-order valence-corrected chi connectivity index (χ3v) is 5.87. The number of nitrogens with zero attached hydrogens (tertiary/aromatic N) is 1. The smallest absolute Gasteiger partial charge is 0.331 e. The summed E-state index contributed by atoms with van der Waals surface area (Å²) < 4.78 is 31.6. The Hall–Kier alpha value is -2.45. The maximum Gasteiger partial charge on any atom is 0.331 e. The van der Waals surface area contributed by atoms with Crippen LogP contribution in [0.25, 0.3) is 0 Å². The molecule has 1 aromatic carbocycles. The van der Waals surface area contributed by atoms with Gasteiger partial charge in [0.2, 0.25) is 10.0 Å². The van der Waals surface area contributed by atoms with Crippen LogP contribution in [0.4, 0.5) is 5.69 Å². The Balaban J connectivity index is 2.85. The van der Waals surface area contributed by atoms with Crippen LogP contribution in [-0.2, 0) is 24.3 Å². The maximum atomic E-state index is 12.7. The molecule has 0 saturated carbocycles. The monoisotopic (exact) mass is 394 g/mol. The molecule has 0 heterocycles. The van der Waals surface area contributed by atoms with Crippen LogP contribution in [0.2, 0.25) is 0 Å². The minimum Gasteiger partial charge on any atom is -0.452 e. The highest BCUT2D eigenvalue weighted by atomic mass is 32.2. The summed E-state index contributed by atoms with van der Waals surface area (Å²) in [6.07, 6.45) is 6.11. The van der Waals surface area contributed by atoms with Gasteiger partial charge in [-0.05, 0) is 31.5 Å². The zero-order chi connectivity index (χ0) is 20.4. The molecule has 0 atom stereocenters. The molecule has 0 aliphatic heterocycles. The minimum absolute atomic E-state index is 0.135. The number of ether oxygens (including phenoxy) is 1. The Bertz CT molecular complexity index is 825. The first-order chi connectivity index (χ1) is 12.8. The Labute approximate surface area is 160 Å². The number of rotatable bonds is 9. The van der Waals surface area contributed by atoms with Gasteiger partial charge in [-0.15, -0.1) is 0 Å². The molecule has 148 valence electrons. The molecule has 0 aliphatic rings. The van der Waals surface area contributed by atoms with Crippen LogP contribution in [0.1, 0.15) is 26.3 Å². The van der Waals surface area contributed by atoms with E-state index < -0.39 is 28.5 Å². The van der Waals surface area contributed by atoms with E-state index in [1.807, 2.05) is 0 Å². The van der Waals surface area contributed by atoms with Crippen molar-refractivity contribution < 1.29 is 22.7 Å². The summed E-state index contributed by atoms with van der Waals surface area (Å²) in [6, 6.07) is 4.63. The van der Waals surface area contributed by atoms with Crippen LogP contribution in [0.3, 0.4) is 0 Å². The van der Waals surface area contributed by atoms with Crippen molar-refractivity contribution >= 4 is 27.6 Å². The predicted octanol–water partition coefficient (Wildman–Crippen LogP) is 2.64. The maximum absolute atomic E-state index is 12.7. The first kappa shape index (κ1) is 22.6. The summed E-state index contributed by atoms with van der Waals surface area (Å²) in [5.41, 5.74) is 0.900. The van der Waals surface area contributed by atoms with Gasteiger partial charge in [0.05, 0.1) is 4.90 Å². The van der Waals surface area contributed by atoms with Gasteiger partial charge in [0, 0.05) is 24.9 Å². The molecule has 27 heavy (non-hydrogen) atoms. The van der Waals surface area contributed by atoms with E-state index in [0.29, 0.717) is 24.3 Å². The standard InChI is InChI=1S/C19H26N2O5S/c1-5-8-9-10-19(23)26-14-18(22)20-16-12-11-15(4)17(13-16)27(24,25)21(6-2)7-3/h5,8-13H,6-7,14H2,1-4H3,(H,20,22)/b8-5+,10-9+. The number of carbonyl (C=O) groups is 2. The molecule has 1 aromatic rings. The zero-order valence-electron chi connectivity index (χ0n) is 16.1. The third kappa shape index (κ3) is 6.65. The zero-order valence-corrected chi connectivity index (χ0v) is 16.9. The molecule has 8 heteroatoms. The van der Waals surface area contributed by atoms with Crippen molar-refractivity contribution in [3.8, 4) is 0 Å². The van der Waals surface area contributed by atoms with Gasteiger partial charge in [0.1, 0.15) is 0 Å². The average Bonchev–Trinajstić information content (AvgIpc) is 2.62. The van der Waals surface area contributed by atoms with E-state index in [4.69, 9.17) is 4.74 Å². The second kappa shape index (κ2) is 10.6. The Morgan fingerprint density at radius 3 is 2.44 bits per heavy atom. The van der Waals surface area contributed by atoms with E-state index in [2.05, 4.69) is 5.32 Å². The van der Waals surface area contributed by atoms with E-state index in [0.717, 1.165) is 0 Å². The van der Waals surface area contributed by atoms with E-state index in [1.165, 1.54) is 22.5 Å². The molecule has 0 bridgehead atoms. The van der Waals surface area contributed by atoms with E-state index in [9.17, 15) is 18.0 Å². The van der Waals surface area contributed by atoms with Gasteiger partial charge in [0.25, 0.3) is 5.91 Å². The molecule has 1 N–H and O–H groups in total. The number of allylic oxidation sites excluding steroid dienone is 3. The molecule has 0 unspecified atom stereocenters. The van der Waals surface area contributed by atoms with Crippen molar-refractivity contribution in [3.63, 3.8) is 0 Å². The summed E-state index contributed by atoms with van der Waals surface area (Å²) in [5, 5.41) is 2.54. The van der Waals surface area contributed by atoms with Crippen molar-refractivity contribution in [2.75, 3.05) is 25.0 Å². The van der Waals surface area contributed by atoms with E-state index >= 15 is 0 Å². The van der Waals surface area contributed by atoms with Crippen molar-refractivity contribution in [2.45, 2.75) is 32.6 Å². The Morgan fingerprint density at radius 2 is 1.85 bits per heavy atom. The highest BCUT2D eigenvalue weighted by Gasteiger charge is 2.24. The second-order valence-corrected chi connectivity index (χ2v) is 7.52. The van der Waals surface area contributed by atoms with Gasteiger partial charge in [-0.2, -0.15) is 4.31 Å². The molecule has 0 aliphatic carbocycles. The quantitative estimate of drug-likeness (QED) is 0.395. The van der Waals surface area contributed by atoms with Gasteiger partial charge in [-0.25, -0.2) is 13.2 Å². The summed E-state index contributed by atoms with van der Waals surface area (Å²) >= 11 is 0. The number of amides is 1. The second-order valence-electron chi connectivity index (χ2n) is 5.61. The van der Waals surface area contributed by atoms with E-state index in [1.54, 1.807) is 52.0 Å². The van der Waals surface area contributed by atoms with Crippen LogP contribution < -0.4 is 5.32 Å². The Morgan fingerprint density at radius 1 is 1.19 bits per heavy atom. The lowest BCUT2D eigenvalue weighted by molar-refractivity contribution is -0.142. The van der Waals surface area contributed by atoms with Crippen LogP contribution in [0, 0.1) is 6.92 Å². The van der Waals surface area contributed by atoms with Gasteiger partial charge in [0.15, 0.2) is 6.61 Å².